The second-order valence-corrected chi connectivity index (χ2v) is 4.34. The summed E-state index contributed by atoms with van der Waals surface area (Å²) < 4.78 is 5.72. The maximum atomic E-state index is 9.65. The van der Waals surface area contributed by atoms with Gasteiger partial charge in [0.2, 0.25) is 0 Å². The molecular weight excluding hydrogens is 282 g/mol. The Morgan fingerprint density at radius 3 is 2.88 bits per heavy atom. The zero-order chi connectivity index (χ0) is 12.7. The van der Waals surface area contributed by atoms with Crippen molar-refractivity contribution >= 4 is 15.9 Å². The number of hydrogen-bond acceptors (Lipinski definition) is 3. The van der Waals surface area contributed by atoms with Crippen molar-refractivity contribution in [3.63, 3.8) is 0 Å². The maximum Gasteiger partial charge on any atom is 0.172 e. The molecule has 0 saturated carbocycles. The summed E-state index contributed by atoms with van der Waals surface area (Å²) in [6.07, 6.45) is 0.840. The number of benzene rings is 1. The van der Waals surface area contributed by atoms with Crippen LogP contribution in [0.4, 0.5) is 0 Å². The van der Waals surface area contributed by atoms with Gasteiger partial charge in [-0.25, -0.2) is 0 Å². The van der Waals surface area contributed by atoms with E-state index >= 15 is 0 Å². The highest BCUT2D eigenvalue weighted by atomic mass is 79.9. The van der Waals surface area contributed by atoms with E-state index in [-0.39, 0.29) is 5.75 Å². The lowest BCUT2D eigenvalue weighted by atomic mass is 10.2. The fourth-order valence-electron chi connectivity index (χ4n) is 1.39. The predicted octanol–water partition coefficient (Wildman–Crippen LogP) is 2.67. The zero-order valence-corrected chi connectivity index (χ0v) is 11.6. The maximum absolute atomic E-state index is 9.65. The summed E-state index contributed by atoms with van der Waals surface area (Å²) in [7, 11) is 1.54. The van der Waals surface area contributed by atoms with Crippen LogP contribution in [-0.4, -0.2) is 18.8 Å². The molecule has 1 aromatic carbocycles. The number of phenols is 1. The first kappa shape index (κ1) is 13.9. The first-order valence-corrected chi connectivity index (χ1v) is 6.14. The van der Waals surface area contributed by atoms with Crippen molar-refractivity contribution in [1.82, 2.24) is 5.32 Å². The van der Waals surface area contributed by atoms with Crippen LogP contribution in [0, 0.1) is 11.8 Å². The van der Waals surface area contributed by atoms with Crippen molar-refractivity contribution < 1.29 is 9.84 Å². The third-order valence-corrected chi connectivity index (χ3v) is 2.85. The molecule has 0 spiro atoms. The van der Waals surface area contributed by atoms with Crippen LogP contribution in [0.15, 0.2) is 16.6 Å². The first-order valence-electron chi connectivity index (χ1n) is 5.34. The summed E-state index contributed by atoms with van der Waals surface area (Å²) >= 11 is 3.29. The summed E-state index contributed by atoms with van der Waals surface area (Å²) in [4.78, 5) is 0. The van der Waals surface area contributed by atoms with Gasteiger partial charge in [0.15, 0.2) is 11.5 Å². The lowest BCUT2D eigenvalue weighted by Crippen LogP contribution is -2.14. The average molecular weight is 298 g/mol. The fourth-order valence-corrected chi connectivity index (χ4v) is 1.88. The van der Waals surface area contributed by atoms with Gasteiger partial charge < -0.3 is 15.2 Å². The largest absolute Gasteiger partial charge is 0.503 e. The van der Waals surface area contributed by atoms with Crippen LogP contribution in [0.5, 0.6) is 11.5 Å². The highest BCUT2D eigenvalue weighted by molar-refractivity contribution is 9.10. The van der Waals surface area contributed by atoms with Crippen LogP contribution < -0.4 is 10.1 Å². The summed E-state index contributed by atoms with van der Waals surface area (Å²) in [6.45, 7) is 3.41. The molecule has 0 amide bonds. The lowest BCUT2D eigenvalue weighted by Gasteiger charge is -2.09. The van der Waals surface area contributed by atoms with Crippen LogP contribution in [0.25, 0.3) is 0 Å². The van der Waals surface area contributed by atoms with E-state index in [1.54, 1.807) is 0 Å². The minimum Gasteiger partial charge on any atom is -0.503 e. The number of ether oxygens (including phenoxy) is 1. The molecule has 2 N–H and O–H groups in total. The van der Waals surface area contributed by atoms with E-state index in [0.717, 1.165) is 25.1 Å². The molecule has 0 aromatic heterocycles. The van der Waals surface area contributed by atoms with E-state index in [2.05, 4.69) is 33.1 Å². The van der Waals surface area contributed by atoms with Crippen molar-refractivity contribution in [2.45, 2.75) is 19.9 Å². The standard InChI is InChI=1S/C13H16BrNO2/c1-3-4-5-6-15-9-10-7-11(14)13(16)12(8-10)17-2/h7-8,15-16H,5-6,9H2,1-2H3. The van der Waals surface area contributed by atoms with Crippen molar-refractivity contribution in [1.29, 1.82) is 0 Å². The third-order valence-electron chi connectivity index (χ3n) is 2.24. The van der Waals surface area contributed by atoms with Gasteiger partial charge in [0.05, 0.1) is 11.6 Å². The van der Waals surface area contributed by atoms with Crippen LogP contribution in [-0.2, 0) is 6.54 Å². The molecular formula is C13H16BrNO2. The van der Waals surface area contributed by atoms with Crippen LogP contribution in [0.1, 0.15) is 18.9 Å². The number of nitrogens with one attached hydrogen (secondary N) is 1. The van der Waals surface area contributed by atoms with Gasteiger partial charge in [-0.1, -0.05) is 0 Å². The normalized spacial score (nSPS) is 9.59. The van der Waals surface area contributed by atoms with Gasteiger partial charge in [0.25, 0.3) is 0 Å². The van der Waals surface area contributed by atoms with Crippen molar-refractivity contribution in [2.75, 3.05) is 13.7 Å². The quantitative estimate of drug-likeness (QED) is 0.648. The van der Waals surface area contributed by atoms with E-state index in [0.29, 0.717) is 10.2 Å². The molecule has 17 heavy (non-hydrogen) atoms. The van der Waals surface area contributed by atoms with Crippen molar-refractivity contribution in [3.05, 3.63) is 22.2 Å². The fraction of sp³-hybridized carbons (Fsp3) is 0.385. The molecule has 4 heteroatoms. The monoisotopic (exact) mass is 297 g/mol. The van der Waals surface area contributed by atoms with Gasteiger partial charge in [0, 0.05) is 19.5 Å². The molecule has 0 bridgehead atoms. The number of hydrogen-bond donors (Lipinski definition) is 2. The van der Waals surface area contributed by atoms with Crippen LogP contribution in [0.2, 0.25) is 0 Å². The number of phenolic OH excluding ortho intramolecular Hbond substituents is 1. The van der Waals surface area contributed by atoms with E-state index in [9.17, 15) is 5.11 Å². The predicted molar refractivity (Wildman–Crippen MR) is 72.1 cm³/mol. The Kier molecular flexibility index (Phi) is 5.88. The summed E-state index contributed by atoms with van der Waals surface area (Å²) in [5.41, 5.74) is 1.05. The molecule has 0 aliphatic carbocycles. The average Bonchev–Trinajstić information content (AvgIpc) is 2.33. The minimum absolute atomic E-state index is 0.132. The molecule has 0 aliphatic heterocycles. The smallest absolute Gasteiger partial charge is 0.172 e. The van der Waals surface area contributed by atoms with Crippen molar-refractivity contribution in [2.24, 2.45) is 0 Å². The first-order chi connectivity index (χ1) is 8.19. The SMILES string of the molecule is CC#CCCNCc1cc(Br)c(O)c(OC)c1. The molecule has 0 aliphatic rings. The highest BCUT2D eigenvalue weighted by Gasteiger charge is 2.07. The minimum atomic E-state index is 0.132. The van der Waals surface area contributed by atoms with Crippen LogP contribution >= 0.6 is 15.9 Å². The Balaban J connectivity index is 2.58. The van der Waals surface area contributed by atoms with Gasteiger partial charge in [-0.3, -0.25) is 0 Å². The molecule has 0 fully saturated rings. The zero-order valence-electron chi connectivity index (χ0n) is 10.0. The van der Waals surface area contributed by atoms with E-state index in [1.807, 2.05) is 19.1 Å². The highest BCUT2D eigenvalue weighted by Crippen LogP contribution is 2.35. The Morgan fingerprint density at radius 2 is 2.24 bits per heavy atom. The number of rotatable bonds is 5. The third kappa shape index (κ3) is 4.29. The second kappa shape index (κ2) is 7.21. The van der Waals surface area contributed by atoms with Gasteiger partial charge in [-0.2, -0.15) is 0 Å². The van der Waals surface area contributed by atoms with Crippen LogP contribution in [0.3, 0.4) is 0 Å². The lowest BCUT2D eigenvalue weighted by molar-refractivity contribution is 0.371. The molecule has 3 nitrogen and oxygen atoms in total. The summed E-state index contributed by atoms with van der Waals surface area (Å²) in [6, 6.07) is 3.69. The molecule has 0 saturated heterocycles. The Bertz CT molecular complexity index is 435. The van der Waals surface area contributed by atoms with Gasteiger partial charge in [-0.05, 0) is 40.5 Å². The molecule has 0 heterocycles. The molecule has 1 aromatic rings. The molecule has 92 valence electrons. The molecule has 0 atom stereocenters. The Labute approximate surface area is 110 Å². The van der Waals surface area contributed by atoms with E-state index < -0.39 is 0 Å². The molecule has 0 unspecified atom stereocenters. The Hall–Kier alpha value is -1.18. The summed E-state index contributed by atoms with van der Waals surface area (Å²) in [5.74, 6) is 6.45. The van der Waals surface area contributed by atoms with E-state index in [1.165, 1.54) is 7.11 Å². The number of methoxy groups -OCH3 is 1. The van der Waals surface area contributed by atoms with Crippen molar-refractivity contribution in [3.8, 4) is 23.3 Å². The van der Waals surface area contributed by atoms with Gasteiger partial charge >= 0.3 is 0 Å². The second-order valence-electron chi connectivity index (χ2n) is 3.48. The Morgan fingerprint density at radius 1 is 1.47 bits per heavy atom. The topological polar surface area (TPSA) is 41.5 Å². The van der Waals surface area contributed by atoms with E-state index in [4.69, 9.17) is 4.74 Å². The number of halogens is 1. The van der Waals surface area contributed by atoms with Gasteiger partial charge in [-0.15, -0.1) is 11.8 Å². The molecule has 0 radical (unpaired) electrons. The van der Waals surface area contributed by atoms with Gasteiger partial charge in [0.1, 0.15) is 0 Å². The number of aromatic hydroxyl groups is 1. The molecule has 1 rings (SSSR count). The summed E-state index contributed by atoms with van der Waals surface area (Å²) in [5, 5.41) is 12.9.